The summed E-state index contributed by atoms with van der Waals surface area (Å²) in [7, 11) is 3.21. The number of urea groups is 1. The highest BCUT2D eigenvalue weighted by Crippen LogP contribution is 2.48. The van der Waals surface area contributed by atoms with Crippen LogP contribution in [0, 0.1) is 0 Å². The number of likely N-dealkylation sites (tertiary alicyclic amines) is 1. The molecule has 34 heavy (non-hydrogen) atoms. The van der Waals surface area contributed by atoms with Gasteiger partial charge in [0.2, 0.25) is 5.91 Å². The minimum Gasteiger partial charge on any atom is -0.497 e. The number of hydrogen-bond acceptors (Lipinski definition) is 5. The van der Waals surface area contributed by atoms with E-state index in [4.69, 9.17) is 9.47 Å². The minimum atomic E-state index is -0.460. The van der Waals surface area contributed by atoms with Crippen LogP contribution in [-0.4, -0.2) is 72.3 Å². The van der Waals surface area contributed by atoms with Crippen LogP contribution in [0.3, 0.4) is 0 Å². The molecule has 2 aliphatic heterocycles. The lowest BCUT2D eigenvalue weighted by Gasteiger charge is -2.55. The van der Waals surface area contributed by atoms with Crippen LogP contribution in [0.5, 0.6) is 11.5 Å². The van der Waals surface area contributed by atoms with E-state index in [9.17, 15) is 14.7 Å². The fraction of sp³-hybridized carbons (Fsp3) is 0.360. The zero-order valence-corrected chi connectivity index (χ0v) is 19.4. The average molecular weight is 465 g/mol. The van der Waals surface area contributed by atoms with E-state index < -0.39 is 11.5 Å². The van der Waals surface area contributed by atoms with Gasteiger partial charge in [-0.15, -0.1) is 0 Å². The van der Waals surface area contributed by atoms with Gasteiger partial charge in [-0.3, -0.25) is 4.79 Å². The number of H-pyrrole nitrogens is 1. The molecular weight excluding hydrogens is 436 g/mol. The summed E-state index contributed by atoms with van der Waals surface area (Å²) in [4.78, 5) is 32.3. The van der Waals surface area contributed by atoms with Gasteiger partial charge < -0.3 is 34.7 Å². The summed E-state index contributed by atoms with van der Waals surface area (Å²) in [5.74, 6) is 1.33. The summed E-state index contributed by atoms with van der Waals surface area (Å²) in [6, 6.07) is 12.3. The molecule has 0 bridgehead atoms. The molecule has 178 valence electrons. The van der Waals surface area contributed by atoms with Crippen molar-refractivity contribution in [3.8, 4) is 11.5 Å². The number of aliphatic hydroxyl groups excluding tert-OH is 1. The Morgan fingerprint density at radius 1 is 1.09 bits per heavy atom. The fourth-order valence-corrected chi connectivity index (χ4v) is 5.30. The predicted molar refractivity (Wildman–Crippen MR) is 127 cm³/mol. The first-order valence-corrected chi connectivity index (χ1v) is 11.2. The molecule has 9 heteroatoms. The molecule has 2 aromatic carbocycles. The highest BCUT2D eigenvalue weighted by atomic mass is 16.5. The van der Waals surface area contributed by atoms with E-state index in [0.29, 0.717) is 25.3 Å². The number of benzene rings is 2. The number of hydrogen-bond donors (Lipinski definition) is 3. The molecule has 1 saturated heterocycles. The van der Waals surface area contributed by atoms with Gasteiger partial charge in [0.15, 0.2) is 0 Å². The molecule has 2 aliphatic rings. The van der Waals surface area contributed by atoms with Crippen LogP contribution in [0.15, 0.2) is 42.5 Å². The molecule has 3 heterocycles. The van der Waals surface area contributed by atoms with Crippen LogP contribution >= 0.6 is 0 Å². The minimum absolute atomic E-state index is 0.110. The molecule has 1 spiro atoms. The topological polar surface area (TPSA) is 107 Å². The second kappa shape index (κ2) is 8.25. The third-order valence-electron chi connectivity index (χ3n) is 6.94. The number of methoxy groups -OCH3 is 2. The van der Waals surface area contributed by atoms with Crippen molar-refractivity contribution >= 4 is 28.5 Å². The molecule has 0 unspecified atom stereocenters. The van der Waals surface area contributed by atoms with Crippen molar-refractivity contribution in [3.05, 3.63) is 53.7 Å². The van der Waals surface area contributed by atoms with Crippen LogP contribution < -0.4 is 14.8 Å². The fourth-order valence-electron chi connectivity index (χ4n) is 5.30. The second-order valence-electron chi connectivity index (χ2n) is 8.97. The molecule has 5 rings (SSSR count). The Balaban J connectivity index is 1.47. The van der Waals surface area contributed by atoms with Gasteiger partial charge in [-0.2, -0.15) is 0 Å². The summed E-state index contributed by atoms with van der Waals surface area (Å²) in [6.45, 7) is 2.69. The zero-order chi connectivity index (χ0) is 24.0. The van der Waals surface area contributed by atoms with Crippen LogP contribution in [0.4, 0.5) is 10.5 Å². The quantitative estimate of drug-likeness (QED) is 0.551. The standard InChI is InChI=1S/C25H28N4O5/c1-15(31)29-14-25(12-28(13-25)24(32)26-16-4-6-17(33-2)7-5-16)22-19-9-8-18(34-3)10-20(19)27-23(22)21(29)11-30/h4-10,21,27,30H,11-14H2,1-3H3,(H,26,32)/t21-/m1/s1. The molecule has 0 saturated carbocycles. The molecule has 3 N–H and O–H groups in total. The Labute approximate surface area is 197 Å². The van der Waals surface area contributed by atoms with Gasteiger partial charge in [-0.1, -0.05) is 0 Å². The van der Waals surface area contributed by atoms with Crippen LogP contribution in [0.2, 0.25) is 0 Å². The van der Waals surface area contributed by atoms with Crippen molar-refractivity contribution in [2.24, 2.45) is 0 Å². The number of amides is 3. The number of aromatic nitrogens is 1. The van der Waals surface area contributed by atoms with E-state index in [2.05, 4.69) is 10.3 Å². The Morgan fingerprint density at radius 3 is 2.38 bits per heavy atom. The van der Waals surface area contributed by atoms with E-state index in [1.54, 1.807) is 48.3 Å². The van der Waals surface area contributed by atoms with Crippen molar-refractivity contribution in [3.63, 3.8) is 0 Å². The van der Waals surface area contributed by atoms with Gasteiger partial charge in [0.25, 0.3) is 0 Å². The molecule has 3 amide bonds. The number of carbonyl (C=O) groups excluding carboxylic acids is 2. The lowest BCUT2D eigenvalue weighted by Crippen LogP contribution is -2.68. The Morgan fingerprint density at radius 2 is 1.76 bits per heavy atom. The Bertz CT molecular complexity index is 1250. The summed E-state index contributed by atoms with van der Waals surface area (Å²) in [5.41, 5.74) is 3.03. The second-order valence-corrected chi connectivity index (χ2v) is 8.97. The van der Waals surface area contributed by atoms with Crippen molar-refractivity contribution in [2.45, 2.75) is 18.4 Å². The maximum Gasteiger partial charge on any atom is 0.321 e. The van der Waals surface area contributed by atoms with Gasteiger partial charge in [0, 0.05) is 54.9 Å². The monoisotopic (exact) mass is 464 g/mol. The van der Waals surface area contributed by atoms with Crippen molar-refractivity contribution < 1.29 is 24.2 Å². The van der Waals surface area contributed by atoms with E-state index in [1.807, 2.05) is 18.2 Å². The highest BCUT2D eigenvalue weighted by Gasteiger charge is 2.54. The predicted octanol–water partition coefficient (Wildman–Crippen LogP) is 2.87. The first-order valence-electron chi connectivity index (χ1n) is 11.2. The lowest BCUT2D eigenvalue weighted by atomic mass is 9.69. The molecule has 1 aromatic heterocycles. The largest absolute Gasteiger partial charge is 0.497 e. The smallest absolute Gasteiger partial charge is 0.321 e. The zero-order valence-electron chi connectivity index (χ0n) is 19.4. The van der Waals surface area contributed by atoms with Crippen molar-refractivity contribution in [2.75, 3.05) is 45.8 Å². The van der Waals surface area contributed by atoms with Gasteiger partial charge in [0.1, 0.15) is 11.5 Å². The van der Waals surface area contributed by atoms with Gasteiger partial charge in [-0.05, 0) is 42.0 Å². The van der Waals surface area contributed by atoms with Crippen LogP contribution in [0.25, 0.3) is 10.9 Å². The first kappa shape index (κ1) is 22.1. The highest BCUT2D eigenvalue weighted by molar-refractivity contribution is 5.92. The number of aromatic amines is 1. The van der Waals surface area contributed by atoms with Gasteiger partial charge in [0.05, 0.1) is 32.3 Å². The maximum absolute atomic E-state index is 12.9. The van der Waals surface area contributed by atoms with Crippen LogP contribution in [-0.2, 0) is 10.2 Å². The Kier molecular flexibility index (Phi) is 5.36. The van der Waals surface area contributed by atoms with E-state index in [0.717, 1.165) is 33.7 Å². The van der Waals surface area contributed by atoms with Crippen LogP contribution in [0.1, 0.15) is 24.2 Å². The maximum atomic E-state index is 12.9. The SMILES string of the molecule is COc1ccc(NC(=O)N2CC3(C2)CN(C(C)=O)[C@H](CO)c2[nH]c4cc(OC)ccc4c23)cc1. The van der Waals surface area contributed by atoms with E-state index in [1.165, 1.54) is 6.92 Å². The normalized spacial score (nSPS) is 18.4. The third-order valence-corrected chi connectivity index (χ3v) is 6.94. The number of anilines is 1. The molecular formula is C25H28N4O5. The summed E-state index contributed by atoms with van der Waals surface area (Å²) in [5, 5.41) is 14.1. The van der Waals surface area contributed by atoms with Crippen molar-refractivity contribution in [1.29, 1.82) is 0 Å². The van der Waals surface area contributed by atoms with Gasteiger partial charge in [-0.25, -0.2) is 4.79 Å². The third kappa shape index (κ3) is 3.43. The first-order chi connectivity index (χ1) is 16.4. The average Bonchev–Trinajstić information content (AvgIpc) is 3.20. The molecule has 9 nitrogen and oxygen atoms in total. The summed E-state index contributed by atoms with van der Waals surface area (Å²) < 4.78 is 10.5. The molecule has 1 atom stereocenters. The number of nitrogens with one attached hydrogen (secondary N) is 2. The number of carbonyl (C=O) groups is 2. The lowest BCUT2D eigenvalue weighted by molar-refractivity contribution is -0.135. The van der Waals surface area contributed by atoms with E-state index >= 15 is 0 Å². The van der Waals surface area contributed by atoms with E-state index in [-0.39, 0.29) is 18.5 Å². The number of aliphatic hydroxyl groups is 1. The summed E-state index contributed by atoms with van der Waals surface area (Å²) >= 11 is 0. The number of fused-ring (bicyclic) bond motifs is 4. The Hall–Kier alpha value is -3.72. The number of rotatable bonds is 4. The van der Waals surface area contributed by atoms with Gasteiger partial charge >= 0.3 is 6.03 Å². The number of nitrogens with zero attached hydrogens (tertiary/aromatic N) is 2. The molecule has 0 aliphatic carbocycles. The molecule has 1 fully saturated rings. The van der Waals surface area contributed by atoms with Crippen molar-refractivity contribution in [1.82, 2.24) is 14.8 Å². The molecule has 0 radical (unpaired) electrons. The number of ether oxygens (including phenoxy) is 2. The summed E-state index contributed by atoms with van der Waals surface area (Å²) in [6.07, 6.45) is 0. The molecule has 3 aromatic rings.